The number of aliphatic hydroxyl groups is 1. The number of halogens is 1. The first-order valence-corrected chi connectivity index (χ1v) is 15.2. The molecule has 2 fully saturated rings. The fraction of sp³-hybridized carbons (Fsp3) is 0.567. The van der Waals surface area contributed by atoms with Gasteiger partial charge in [0.1, 0.15) is 6.04 Å². The van der Waals surface area contributed by atoms with Crippen molar-refractivity contribution in [3.8, 4) is 0 Å². The predicted molar refractivity (Wildman–Crippen MR) is 156 cm³/mol. The second kappa shape index (κ2) is 10.9. The largest absolute Gasteiger partial charge is 0.394 e. The number of carbonyl (C=O) groups is 3. The van der Waals surface area contributed by atoms with Crippen LogP contribution in [0.25, 0.3) is 0 Å². The zero-order valence-corrected chi connectivity index (χ0v) is 24.6. The minimum absolute atomic E-state index is 0.0246. The van der Waals surface area contributed by atoms with Crippen LogP contribution in [0.2, 0.25) is 5.02 Å². The number of carbonyl (C=O) groups excluding carboxylic acids is 3. The number of likely N-dealkylation sites (tertiary alicyclic amines) is 1. The minimum atomic E-state index is -0.924. The number of para-hydroxylation sites is 1. The molecule has 1 spiro atoms. The zero-order valence-electron chi connectivity index (χ0n) is 23.0. The molecule has 4 heterocycles. The van der Waals surface area contributed by atoms with Gasteiger partial charge < -0.3 is 19.8 Å². The van der Waals surface area contributed by atoms with Crippen molar-refractivity contribution in [1.82, 2.24) is 9.80 Å². The lowest BCUT2D eigenvalue weighted by molar-refractivity contribution is -0.144. The van der Waals surface area contributed by atoms with Crippen molar-refractivity contribution < 1.29 is 19.5 Å². The smallest absolute Gasteiger partial charge is 0.251 e. The molecule has 210 valence electrons. The molecule has 9 heteroatoms. The molecule has 6 atom stereocenters. The first-order chi connectivity index (χ1) is 18.7. The molecule has 0 saturated carbocycles. The number of nitrogens with zero attached hydrogens (tertiary/aromatic N) is 3. The third-order valence-electron chi connectivity index (χ3n) is 8.48. The van der Waals surface area contributed by atoms with Crippen LogP contribution < -0.4 is 4.90 Å². The molecule has 1 aromatic rings. The van der Waals surface area contributed by atoms with Gasteiger partial charge in [-0.25, -0.2) is 0 Å². The Kier molecular flexibility index (Phi) is 7.92. The molecule has 4 aliphatic rings. The average Bonchev–Trinajstić information content (AvgIpc) is 3.21. The summed E-state index contributed by atoms with van der Waals surface area (Å²) in [6, 6.07) is 4.15. The highest BCUT2D eigenvalue weighted by Crippen LogP contribution is 2.61. The lowest BCUT2D eigenvalue weighted by Crippen LogP contribution is -2.57. The fourth-order valence-electron chi connectivity index (χ4n) is 6.98. The normalized spacial score (nSPS) is 30.9. The van der Waals surface area contributed by atoms with Crippen molar-refractivity contribution in [2.24, 2.45) is 17.8 Å². The number of anilines is 1. The summed E-state index contributed by atoms with van der Waals surface area (Å²) < 4.78 is -0.924. The maximum absolute atomic E-state index is 14.7. The second-order valence-corrected chi connectivity index (χ2v) is 13.4. The lowest BCUT2D eigenvalue weighted by Gasteiger charge is -2.39. The molecule has 3 amide bonds. The SMILES string of the molecule is CCCN1CC=C[C@@H]2S[C@]34C=CCN(c5c(C)cccc5Cl)C(=O)C3N([C@@H](CO)CC(C)C)C(=O)[C@@H]4[C@@H]2C1=O. The van der Waals surface area contributed by atoms with Gasteiger partial charge in [0.2, 0.25) is 11.8 Å². The zero-order chi connectivity index (χ0) is 28.1. The highest BCUT2D eigenvalue weighted by atomic mass is 35.5. The molecule has 0 aliphatic carbocycles. The van der Waals surface area contributed by atoms with Crippen LogP contribution in [0.4, 0.5) is 5.69 Å². The first-order valence-electron chi connectivity index (χ1n) is 14.0. The van der Waals surface area contributed by atoms with E-state index in [0.717, 1.165) is 12.0 Å². The minimum Gasteiger partial charge on any atom is -0.394 e. The molecule has 39 heavy (non-hydrogen) atoms. The van der Waals surface area contributed by atoms with Crippen molar-refractivity contribution in [2.75, 3.05) is 31.1 Å². The van der Waals surface area contributed by atoms with Crippen LogP contribution in [-0.2, 0) is 14.4 Å². The molecule has 0 aromatic heterocycles. The van der Waals surface area contributed by atoms with Gasteiger partial charge in [-0.1, -0.05) is 68.8 Å². The van der Waals surface area contributed by atoms with Gasteiger partial charge in [0.05, 0.1) is 39.9 Å². The summed E-state index contributed by atoms with van der Waals surface area (Å²) in [5.74, 6) is -1.52. The third kappa shape index (κ3) is 4.52. The van der Waals surface area contributed by atoms with Gasteiger partial charge in [0, 0.05) is 24.9 Å². The molecular formula is C30H38ClN3O4S. The Bertz CT molecular complexity index is 1200. The number of benzene rings is 1. The Morgan fingerprint density at radius 2 is 1.90 bits per heavy atom. The van der Waals surface area contributed by atoms with E-state index in [-0.39, 0.29) is 35.5 Å². The molecular weight excluding hydrogens is 534 g/mol. The van der Waals surface area contributed by atoms with E-state index < -0.39 is 28.7 Å². The van der Waals surface area contributed by atoms with Gasteiger partial charge in [0.25, 0.3) is 5.91 Å². The number of amides is 3. The summed E-state index contributed by atoms with van der Waals surface area (Å²) in [6.07, 6.45) is 9.43. The lowest BCUT2D eigenvalue weighted by atomic mass is 9.78. The van der Waals surface area contributed by atoms with Crippen LogP contribution in [0.1, 0.15) is 39.2 Å². The number of hydrogen-bond acceptors (Lipinski definition) is 5. The number of aliphatic hydroxyl groups excluding tert-OH is 1. The summed E-state index contributed by atoms with van der Waals surface area (Å²) in [4.78, 5) is 48.3. The van der Waals surface area contributed by atoms with Gasteiger partial charge in [-0.15, -0.1) is 11.8 Å². The Morgan fingerprint density at radius 3 is 2.56 bits per heavy atom. The van der Waals surface area contributed by atoms with Crippen LogP contribution in [0.5, 0.6) is 0 Å². The van der Waals surface area contributed by atoms with Crippen molar-refractivity contribution in [2.45, 2.75) is 62.6 Å². The van der Waals surface area contributed by atoms with Crippen molar-refractivity contribution in [1.29, 1.82) is 0 Å². The molecule has 0 radical (unpaired) electrons. The van der Waals surface area contributed by atoms with Gasteiger partial charge in [0.15, 0.2) is 0 Å². The maximum Gasteiger partial charge on any atom is 0.251 e. The topological polar surface area (TPSA) is 81.2 Å². The molecule has 1 aromatic carbocycles. The van der Waals surface area contributed by atoms with Gasteiger partial charge in [-0.2, -0.15) is 0 Å². The number of hydrogen-bond donors (Lipinski definition) is 1. The van der Waals surface area contributed by atoms with Crippen molar-refractivity contribution >= 4 is 46.8 Å². The molecule has 4 aliphatic heterocycles. The highest BCUT2D eigenvalue weighted by molar-refractivity contribution is 8.02. The van der Waals surface area contributed by atoms with Gasteiger partial charge in [-0.05, 0) is 37.3 Å². The number of aryl methyl sites for hydroxylation is 1. The van der Waals surface area contributed by atoms with E-state index in [1.54, 1.807) is 27.6 Å². The fourth-order valence-corrected chi connectivity index (χ4v) is 9.30. The summed E-state index contributed by atoms with van der Waals surface area (Å²) in [5.41, 5.74) is 1.50. The van der Waals surface area contributed by atoms with Crippen LogP contribution in [0.3, 0.4) is 0 Å². The van der Waals surface area contributed by atoms with Crippen LogP contribution in [-0.4, -0.2) is 80.9 Å². The van der Waals surface area contributed by atoms with E-state index in [4.69, 9.17) is 11.6 Å². The monoisotopic (exact) mass is 571 g/mol. The van der Waals surface area contributed by atoms with Crippen molar-refractivity contribution in [3.63, 3.8) is 0 Å². The van der Waals surface area contributed by atoms with E-state index in [0.29, 0.717) is 36.8 Å². The van der Waals surface area contributed by atoms with Crippen molar-refractivity contribution in [3.05, 3.63) is 53.1 Å². The van der Waals surface area contributed by atoms with Crippen LogP contribution >= 0.6 is 23.4 Å². The quantitative estimate of drug-likeness (QED) is 0.499. The Morgan fingerprint density at radius 1 is 1.13 bits per heavy atom. The summed E-state index contributed by atoms with van der Waals surface area (Å²) >= 11 is 8.20. The van der Waals surface area contributed by atoms with Gasteiger partial charge >= 0.3 is 0 Å². The molecule has 7 nitrogen and oxygen atoms in total. The van der Waals surface area contributed by atoms with E-state index >= 15 is 0 Å². The number of rotatable bonds is 7. The summed E-state index contributed by atoms with van der Waals surface area (Å²) in [7, 11) is 0. The van der Waals surface area contributed by atoms with Crippen LogP contribution in [0.15, 0.2) is 42.5 Å². The van der Waals surface area contributed by atoms with E-state index in [1.165, 1.54) is 0 Å². The molecule has 2 saturated heterocycles. The maximum atomic E-state index is 14.7. The molecule has 1 unspecified atom stereocenters. The molecule has 0 bridgehead atoms. The summed E-state index contributed by atoms with van der Waals surface area (Å²) in [6.45, 7) is 9.26. The standard InChI is InChI=1S/C30H38ClN3O4S/c1-5-13-32-14-7-11-22-23(27(32)36)24-28(37)34(20(17-35)16-18(2)3)26-29(38)33(15-8-12-30(24,26)39-22)25-19(4)9-6-10-21(25)31/h6-12,18,20,22-24,26,35H,5,13-17H2,1-4H3/t20-,22+,23-,24+,26?,30+/m1/s1. The molecule has 5 rings (SSSR count). The van der Waals surface area contributed by atoms with Crippen LogP contribution in [0, 0.1) is 24.7 Å². The second-order valence-electron chi connectivity index (χ2n) is 11.5. The first kappa shape index (κ1) is 28.2. The summed E-state index contributed by atoms with van der Waals surface area (Å²) in [5, 5.41) is 10.8. The predicted octanol–water partition coefficient (Wildman–Crippen LogP) is 4.06. The number of fused-ring (bicyclic) bond motifs is 2. The van der Waals surface area contributed by atoms with E-state index in [9.17, 15) is 19.5 Å². The molecule has 1 N–H and O–H groups in total. The Balaban J connectivity index is 1.66. The van der Waals surface area contributed by atoms with E-state index in [2.05, 4.69) is 6.08 Å². The Labute approximate surface area is 240 Å². The highest BCUT2D eigenvalue weighted by Gasteiger charge is 2.71. The Hall–Kier alpha value is -2.29. The number of thioether (sulfide) groups is 1. The average molecular weight is 572 g/mol. The van der Waals surface area contributed by atoms with E-state index in [1.807, 2.05) is 63.0 Å². The van der Waals surface area contributed by atoms with Gasteiger partial charge in [-0.3, -0.25) is 14.4 Å². The third-order valence-corrected chi connectivity index (χ3v) is 10.5.